The molecule has 0 bridgehead atoms. The highest BCUT2D eigenvalue weighted by Gasteiger charge is 2.16. The molecule has 4 nitrogen and oxygen atoms in total. The molecule has 0 atom stereocenters. The third kappa shape index (κ3) is 5.19. The van der Waals surface area contributed by atoms with Gasteiger partial charge in [0.2, 0.25) is 0 Å². The van der Waals surface area contributed by atoms with Crippen molar-refractivity contribution in [1.29, 1.82) is 0 Å². The van der Waals surface area contributed by atoms with E-state index in [1.165, 1.54) is 43.4 Å². The Hall–Kier alpha value is -7.43. The van der Waals surface area contributed by atoms with Crippen LogP contribution in [0.5, 0.6) is 0 Å². The van der Waals surface area contributed by atoms with E-state index in [4.69, 9.17) is 15.0 Å². The van der Waals surface area contributed by atoms with Crippen LogP contribution in [0.4, 0.5) is 0 Å². The van der Waals surface area contributed by atoms with E-state index in [0.717, 1.165) is 55.8 Å². The molecule has 11 aromatic rings. The summed E-state index contributed by atoms with van der Waals surface area (Å²) in [6, 6.07) is 66.6. The van der Waals surface area contributed by atoms with Crippen molar-refractivity contribution >= 4 is 54.1 Å². The fraction of sp³-hybridized carbons (Fsp3) is 0. The molecule has 0 spiro atoms. The number of para-hydroxylation sites is 2. The van der Waals surface area contributed by atoms with Crippen molar-refractivity contribution < 1.29 is 0 Å². The molecule has 4 heteroatoms. The highest BCUT2D eigenvalue weighted by Crippen LogP contribution is 2.38. The topological polar surface area (TPSA) is 43.6 Å². The van der Waals surface area contributed by atoms with Gasteiger partial charge in [0.1, 0.15) is 0 Å². The van der Waals surface area contributed by atoms with Gasteiger partial charge >= 0.3 is 0 Å². The van der Waals surface area contributed by atoms with Crippen molar-refractivity contribution in [2.75, 3.05) is 0 Å². The molecule has 0 saturated heterocycles. The summed E-state index contributed by atoms with van der Waals surface area (Å²) < 4.78 is 2.35. The Balaban J connectivity index is 1.08. The lowest BCUT2D eigenvalue weighted by atomic mass is 9.95. The molecule has 0 aliphatic carbocycles. The second-order valence-electron chi connectivity index (χ2n) is 14.0. The number of fused-ring (bicyclic) bond motifs is 7. The first kappa shape index (κ1) is 31.1. The standard InChI is InChI=1S/C51H32N4/c1-4-14-40-33(11-1)29-30-52-50(40)35-21-23-36(24-22-35)51-53-46(32-47(54-51)45-31-37-12-2-3-13-39(37)41-15-5-6-16-42(41)45)34-25-27-38(28-26-34)55-48-19-9-7-17-43(48)44-18-8-10-20-49(44)55/h1-32H. The number of pyridine rings is 1. The summed E-state index contributed by atoms with van der Waals surface area (Å²) in [7, 11) is 0. The average Bonchev–Trinajstić information content (AvgIpc) is 3.60. The second kappa shape index (κ2) is 12.6. The molecule has 0 amide bonds. The molecular formula is C51H32N4. The van der Waals surface area contributed by atoms with E-state index in [0.29, 0.717) is 5.82 Å². The number of nitrogens with zero attached hydrogens (tertiary/aromatic N) is 4. The summed E-state index contributed by atoms with van der Waals surface area (Å²) >= 11 is 0. The zero-order valence-corrected chi connectivity index (χ0v) is 29.8. The maximum Gasteiger partial charge on any atom is 0.160 e. The number of hydrogen-bond acceptors (Lipinski definition) is 3. The van der Waals surface area contributed by atoms with Gasteiger partial charge in [0, 0.05) is 50.3 Å². The summed E-state index contributed by atoms with van der Waals surface area (Å²) in [4.78, 5) is 15.3. The van der Waals surface area contributed by atoms with E-state index in [-0.39, 0.29) is 0 Å². The summed E-state index contributed by atoms with van der Waals surface area (Å²) in [6.45, 7) is 0. The Morgan fingerprint density at radius 1 is 0.364 bits per heavy atom. The Labute approximate surface area is 317 Å². The Morgan fingerprint density at radius 2 is 0.909 bits per heavy atom. The third-order valence-corrected chi connectivity index (χ3v) is 10.9. The maximum atomic E-state index is 5.30. The molecule has 256 valence electrons. The highest BCUT2D eigenvalue weighted by atomic mass is 15.0. The van der Waals surface area contributed by atoms with Gasteiger partial charge in [-0.1, -0.05) is 146 Å². The Morgan fingerprint density at radius 3 is 1.64 bits per heavy atom. The van der Waals surface area contributed by atoms with Crippen LogP contribution in [0.25, 0.3) is 105 Å². The second-order valence-corrected chi connectivity index (χ2v) is 14.0. The first-order valence-electron chi connectivity index (χ1n) is 18.6. The van der Waals surface area contributed by atoms with Crippen LogP contribution in [0.15, 0.2) is 194 Å². The molecule has 3 heterocycles. The van der Waals surface area contributed by atoms with Gasteiger partial charge in [-0.05, 0) is 69.4 Å². The summed E-state index contributed by atoms with van der Waals surface area (Å²) in [5.41, 5.74) is 10.3. The summed E-state index contributed by atoms with van der Waals surface area (Å²) in [6.07, 6.45) is 1.88. The lowest BCUT2D eigenvalue weighted by Crippen LogP contribution is -1.98. The van der Waals surface area contributed by atoms with E-state index in [1.54, 1.807) is 0 Å². The molecule has 0 aliphatic heterocycles. The molecule has 8 aromatic carbocycles. The summed E-state index contributed by atoms with van der Waals surface area (Å²) in [5, 5.41) is 9.58. The minimum atomic E-state index is 0.675. The zero-order chi connectivity index (χ0) is 36.3. The third-order valence-electron chi connectivity index (χ3n) is 10.9. The highest BCUT2D eigenvalue weighted by molar-refractivity contribution is 6.13. The number of benzene rings is 8. The van der Waals surface area contributed by atoms with Crippen molar-refractivity contribution in [3.63, 3.8) is 0 Å². The van der Waals surface area contributed by atoms with Gasteiger partial charge in [-0.25, -0.2) is 9.97 Å². The number of rotatable bonds is 5. The van der Waals surface area contributed by atoms with Gasteiger partial charge in [-0.3, -0.25) is 4.98 Å². The predicted molar refractivity (Wildman–Crippen MR) is 228 cm³/mol. The van der Waals surface area contributed by atoms with E-state index in [1.807, 2.05) is 6.20 Å². The van der Waals surface area contributed by atoms with Crippen LogP contribution in [0, 0.1) is 0 Å². The van der Waals surface area contributed by atoms with Crippen LogP contribution in [0.1, 0.15) is 0 Å². The fourth-order valence-corrected chi connectivity index (χ4v) is 8.24. The Kier molecular flexibility index (Phi) is 7.14. The molecule has 0 saturated carbocycles. The zero-order valence-electron chi connectivity index (χ0n) is 29.8. The Bertz CT molecular complexity index is 3190. The van der Waals surface area contributed by atoms with E-state index < -0.39 is 0 Å². The molecule has 0 N–H and O–H groups in total. The summed E-state index contributed by atoms with van der Waals surface area (Å²) in [5.74, 6) is 0.675. The van der Waals surface area contributed by atoms with E-state index in [2.05, 4.69) is 193 Å². The van der Waals surface area contributed by atoms with Gasteiger partial charge in [0.25, 0.3) is 0 Å². The molecule has 0 fully saturated rings. The number of hydrogen-bond donors (Lipinski definition) is 0. The quantitative estimate of drug-likeness (QED) is 0.168. The van der Waals surface area contributed by atoms with Crippen molar-refractivity contribution in [2.24, 2.45) is 0 Å². The SMILES string of the molecule is c1ccc2c(-c3ccc(-c4nc(-c5ccc(-n6c7ccccc7c7ccccc76)cc5)cc(-c5cc6ccccc6c6ccccc56)n4)cc3)nccc2c1. The minimum Gasteiger partial charge on any atom is -0.309 e. The van der Waals surface area contributed by atoms with Crippen LogP contribution >= 0.6 is 0 Å². The van der Waals surface area contributed by atoms with Crippen LogP contribution in [0.3, 0.4) is 0 Å². The fourth-order valence-electron chi connectivity index (χ4n) is 8.24. The first-order valence-corrected chi connectivity index (χ1v) is 18.6. The van der Waals surface area contributed by atoms with E-state index >= 15 is 0 Å². The van der Waals surface area contributed by atoms with Crippen LogP contribution < -0.4 is 0 Å². The first-order chi connectivity index (χ1) is 27.3. The predicted octanol–water partition coefficient (Wildman–Crippen LogP) is 13.1. The minimum absolute atomic E-state index is 0.675. The van der Waals surface area contributed by atoms with Gasteiger partial charge < -0.3 is 4.57 Å². The van der Waals surface area contributed by atoms with E-state index in [9.17, 15) is 0 Å². The molecule has 11 rings (SSSR count). The number of aromatic nitrogens is 4. The van der Waals surface area contributed by atoms with Crippen molar-refractivity contribution in [1.82, 2.24) is 19.5 Å². The molecule has 0 unspecified atom stereocenters. The van der Waals surface area contributed by atoms with Gasteiger partial charge in [-0.2, -0.15) is 0 Å². The average molecular weight is 701 g/mol. The molecule has 55 heavy (non-hydrogen) atoms. The van der Waals surface area contributed by atoms with Crippen molar-refractivity contribution in [3.05, 3.63) is 194 Å². The smallest absolute Gasteiger partial charge is 0.160 e. The largest absolute Gasteiger partial charge is 0.309 e. The van der Waals surface area contributed by atoms with Crippen LogP contribution in [-0.2, 0) is 0 Å². The van der Waals surface area contributed by atoms with Crippen LogP contribution in [-0.4, -0.2) is 19.5 Å². The molecule has 3 aromatic heterocycles. The molecule has 0 radical (unpaired) electrons. The van der Waals surface area contributed by atoms with Crippen LogP contribution in [0.2, 0.25) is 0 Å². The lowest BCUT2D eigenvalue weighted by Gasteiger charge is -2.14. The monoisotopic (exact) mass is 700 g/mol. The maximum absolute atomic E-state index is 5.30. The van der Waals surface area contributed by atoms with Gasteiger partial charge in [0.15, 0.2) is 5.82 Å². The van der Waals surface area contributed by atoms with Gasteiger partial charge in [-0.15, -0.1) is 0 Å². The normalized spacial score (nSPS) is 11.6. The molecule has 0 aliphatic rings. The van der Waals surface area contributed by atoms with Crippen molar-refractivity contribution in [2.45, 2.75) is 0 Å². The van der Waals surface area contributed by atoms with Gasteiger partial charge in [0.05, 0.1) is 28.1 Å². The van der Waals surface area contributed by atoms with Crippen molar-refractivity contribution in [3.8, 4) is 50.8 Å². The lowest BCUT2D eigenvalue weighted by molar-refractivity contribution is 1.17. The molecular weight excluding hydrogens is 669 g/mol.